The van der Waals surface area contributed by atoms with E-state index in [1.165, 1.54) is 38.8 Å². The molecule has 0 spiro atoms. The van der Waals surface area contributed by atoms with Gasteiger partial charge in [0.05, 0.1) is 0 Å². The highest BCUT2D eigenvalue weighted by Crippen LogP contribution is 2.44. The molecule has 0 amide bonds. The molecule has 0 heterocycles. The van der Waals surface area contributed by atoms with Crippen molar-refractivity contribution in [3.63, 3.8) is 0 Å². The third-order valence-corrected chi connectivity index (χ3v) is 2.79. The first-order valence-electron chi connectivity index (χ1n) is 4.49. The Balaban J connectivity index is 1.54. The van der Waals surface area contributed by atoms with E-state index in [1.54, 1.807) is 0 Å². The summed E-state index contributed by atoms with van der Waals surface area (Å²) in [5, 5.41) is 3.55. The quantitative estimate of drug-likeness (QED) is 0.626. The van der Waals surface area contributed by atoms with E-state index in [4.69, 9.17) is 0 Å². The summed E-state index contributed by atoms with van der Waals surface area (Å²) in [7, 11) is 0. The first-order chi connectivity index (χ1) is 4.79. The third-order valence-electron chi connectivity index (χ3n) is 2.79. The van der Waals surface area contributed by atoms with Crippen LogP contribution in [0.5, 0.6) is 0 Å². The monoisotopic (exact) mass is 139 g/mol. The van der Waals surface area contributed by atoms with Crippen molar-refractivity contribution in [1.29, 1.82) is 0 Å². The van der Waals surface area contributed by atoms with Gasteiger partial charge in [0.2, 0.25) is 0 Å². The summed E-state index contributed by atoms with van der Waals surface area (Å²) in [5.74, 6) is 1.04. The van der Waals surface area contributed by atoms with E-state index in [-0.39, 0.29) is 0 Å². The molecule has 58 valence electrons. The van der Waals surface area contributed by atoms with Crippen molar-refractivity contribution in [3.05, 3.63) is 0 Å². The number of hydrogen-bond donors (Lipinski definition) is 1. The molecule has 0 aliphatic heterocycles. The molecule has 2 aliphatic carbocycles. The summed E-state index contributed by atoms with van der Waals surface area (Å²) in [5.41, 5.74) is 0.703. The van der Waals surface area contributed by atoms with Crippen LogP contribution in [0.25, 0.3) is 0 Å². The van der Waals surface area contributed by atoms with Gasteiger partial charge in [-0.25, -0.2) is 0 Å². The van der Waals surface area contributed by atoms with E-state index >= 15 is 0 Å². The van der Waals surface area contributed by atoms with Gasteiger partial charge in [-0.3, -0.25) is 0 Å². The highest BCUT2D eigenvalue weighted by atomic mass is 14.9. The zero-order valence-electron chi connectivity index (χ0n) is 6.82. The first kappa shape index (κ1) is 6.66. The lowest BCUT2D eigenvalue weighted by molar-refractivity contribution is 0.490. The van der Waals surface area contributed by atoms with Gasteiger partial charge in [0, 0.05) is 6.54 Å². The van der Waals surface area contributed by atoms with E-state index in [0.29, 0.717) is 5.41 Å². The second-order valence-electron chi connectivity index (χ2n) is 4.38. The Bertz CT molecular complexity index is 123. The fourth-order valence-electron chi connectivity index (χ4n) is 1.29. The van der Waals surface area contributed by atoms with Gasteiger partial charge in [-0.05, 0) is 43.6 Å². The highest BCUT2D eigenvalue weighted by Gasteiger charge is 2.36. The minimum absolute atomic E-state index is 0.703. The van der Waals surface area contributed by atoms with E-state index in [1.807, 2.05) is 0 Å². The van der Waals surface area contributed by atoms with E-state index in [9.17, 15) is 0 Å². The summed E-state index contributed by atoms with van der Waals surface area (Å²) >= 11 is 0. The normalized spacial score (nSPS) is 28.5. The molecule has 0 aromatic rings. The average Bonchev–Trinajstić information content (AvgIpc) is 2.70. The average molecular weight is 139 g/mol. The Hall–Kier alpha value is -0.0400. The lowest BCUT2D eigenvalue weighted by Gasteiger charge is -2.08. The third kappa shape index (κ3) is 1.72. The van der Waals surface area contributed by atoms with Crippen molar-refractivity contribution < 1.29 is 0 Å². The number of hydrogen-bond acceptors (Lipinski definition) is 1. The standard InChI is InChI=1S/C9H17N/c1-9(4-5-9)7-10-6-8-2-3-8/h8,10H,2-7H2,1H3. The highest BCUT2D eigenvalue weighted by molar-refractivity contribution is 4.90. The molecule has 0 aromatic heterocycles. The van der Waals surface area contributed by atoms with Crippen LogP contribution < -0.4 is 5.32 Å². The fourth-order valence-corrected chi connectivity index (χ4v) is 1.29. The largest absolute Gasteiger partial charge is 0.316 e. The molecule has 0 radical (unpaired) electrons. The van der Waals surface area contributed by atoms with Gasteiger partial charge in [0.1, 0.15) is 0 Å². The predicted octanol–water partition coefficient (Wildman–Crippen LogP) is 1.79. The number of rotatable bonds is 4. The van der Waals surface area contributed by atoms with Crippen LogP contribution in [0.3, 0.4) is 0 Å². The van der Waals surface area contributed by atoms with Gasteiger partial charge in [-0.1, -0.05) is 6.92 Å². The maximum atomic E-state index is 3.55. The van der Waals surface area contributed by atoms with Crippen molar-refractivity contribution >= 4 is 0 Å². The summed E-state index contributed by atoms with van der Waals surface area (Å²) in [6.07, 6.45) is 5.85. The van der Waals surface area contributed by atoms with Crippen LogP contribution in [-0.4, -0.2) is 13.1 Å². The molecule has 2 fully saturated rings. The zero-order chi connectivity index (χ0) is 7.03. The van der Waals surface area contributed by atoms with Crippen LogP contribution in [-0.2, 0) is 0 Å². The lowest BCUT2D eigenvalue weighted by atomic mass is 10.1. The van der Waals surface area contributed by atoms with Crippen LogP contribution in [0, 0.1) is 11.3 Å². The molecule has 2 saturated carbocycles. The molecule has 10 heavy (non-hydrogen) atoms. The molecular formula is C9H17N. The molecular weight excluding hydrogens is 122 g/mol. The van der Waals surface area contributed by atoms with E-state index < -0.39 is 0 Å². The Morgan fingerprint density at radius 2 is 2.10 bits per heavy atom. The maximum absolute atomic E-state index is 3.55. The molecule has 0 saturated heterocycles. The number of nitrogens with one attached hydrogen (secondary N) is 1. The van der Waals surface area contributed by atoms with Crippen molar-refractivity contribution in [2.24, 2.45) is 11.3 Å². The summed E-state index contributed by atoms with van der Waals surface area (Å²) in [6.45, 7) is 4.94. The Labute approximate surface area is 63.2 Å². The molecule has 2 rings (SSSR count). The van der Waals surface area contributed by atoms with Crippen molar-refractivity contribution in [2.45, 2.75) is 32.6 Å². The topological polar surface area (TPSA) is 12.0 Å². The van der Waals surface area contributed by atoms with Gasteiger partial charge < -0.3 is 5.32 Å². The van der Waals surface area contributed by atoms with Crippen LogP contribution in [0.15, 0.2) is 0 Å². The lowest BCUT2D eigenvalue weighted by Crippen LogP contribution is -2.23. The molecule has 1 N–H and O–H groups in total. The van der Waals surface area contributed by atoms with E-state index in [0.717, 1.165) is 5.92 Å². The van der Waals surface area contributed by atoms with Gasteiger partial charge in [0.25, 0.3) is 0 Å². The van der Waals surface area contributed by atoms with Crippen LogP contribution >= 0.6 is 0 Å². The zero-order valence-corrected chi connectivity index (χ0v) is 6.82. The molecule has 2 aliphatic rings. The van der Waals surface area contributed by atoms with Crippen LogP contribution in [0.1, 0.15) is 32.6 Å². The molecule has 0 aromatic carbocycles. The van der Waals surface area contributed by atoms with Gasteiger partial charge in [0.15, 0.2) is 0 Å². The fraction of sp³-hybridized carbons (Fsp3) is 1.00. The van der Waals surface area contributed by atoms with Crippen molar-refractivity contribution in [1.82, 2.24) is 5.32 Å². The van der Waals surface area contributed by atoms with Crippen molar-refractivity contribution in [2.75, 3.05) is 13.1 Å². The molecule has 0 bridgehead atoms. The molecule has 0 unspecified atom stereocenters. The summed E-state index contributed by atoms with van der Waals surface area (Å²) in [4.78, 5) is 0. The van der Waals surface area contributed by atoms with Crippen molar-refractivity contribution in [3.8, 4) is 0 Å². The maximum Gasteiger partial charge on any atom is 0.000528 e. The summed E-state index contributed by atoms with van der Waals surface area (Å²) < 4.78 is 0. The second kappa shape index (κ2) is 2.23. The molecule has 1 heteroatoms. The minimum Gasteiger partial charge on any atom is -0.316 e. The molecule has 1 nitrogen and oxygen atoms in total. The Morgan fingerprint density at radius 3 is 2.60 bits per heavy atom. The van der Waals surface area contributed by atoms with Crippen LogP contribution in [0.4, 0.5) is 0 Å². The SMILES string of the molecule is CC1(CNCC2CC2)CC1. The van der Waals surface area contributed by atoms with E-state index in [2.05, 4.69) is 12.2 Å². The van der Waals surface area contributed by atoms with Gasteiger partial charge in [-0.2, -0.15) is 0 Å². The predicted molar refractivity (Wildman–Crippen MR) is 42.9 cm³/mol. The minimum atomic E-state index is 0.703. The Kier molecular flexibility index (Phi) is 1.48. The molecule has 0 atom stereocenters. The van der Waals surface area contributed by atoms with Crippen LogP contribution in [0.2, 0.25) is 0 Å². The van der Waals surface area contributed by atoms with Gasteiger partial charge in [-0.15, -0.1) is 0 Å². The summed E-state index contributed by atoms with van der Waals surface area (Å²) in [6, 6.07) is 0. The van der Waals surface area contributed by atoms with Gasteiger partial charge >= 0.3 is 0 Å². The first-order valence-corrected chi connectivity index (χ1v) is 4.49. The second-order valence-corrected chi connectivity index (χ2v) is 4.38. The smallest absolute Gasteiger partial charge is 0.000528 e. The Morgan fingerprint density at radius 1 is 1.40 bits per heavy atom.